The second-order valence-corrected chi connectivity index (χ2v) is 8.43. The molecule has 1 aromatic rings. The van der Waals surface area contributed by atoms with Crippen LogP contribution in [0.15, 0.2) is 30.3 Å². The summed E-state index contributed by atoms with van der Waals surface area (Å²) in [7, 11) is 0. The fourth-order valence-corrected chi connectivity index (χ4v) is 4.03. The van der Waals surface area contributed by atoms with Gasteiger partial charge in [-0.1, -0.05) is 36.8 Å². The third-order valence-corrected chi connectivity index (χ3v) is 5.54. The van der Waals surface area contributed by atoms with Crippen molar-refractivity contribution in [2.75, 3.05) is 13.1 Å². The Balaban J connectivity index is 1.68. The van der Waals surface area contributed by atoms with E-state index in [1.807, 2.05) is 20.8 Å². The number of nitrogens with zero attached hydrogens (tertiary/aromatic N) is 1. The van der Waals surface area contributed by atoms with Gasteiger partial charge in [-0.15, -0.1) is 0 Å². The Labute approximate surface area is 145 Å². The van der Waals surface area contributed by atoms with Crippen LogP contribution in [-0.4, -0.2) is 35.7 Å². The van der Waals surface area contributed by atoms with Gasteiger partial charge in [-0.2, -0.15) is 0 Å². The summed E-state index contributed by atoms with van der Waals surface area (Å²) in [5, 5.41) is 3.16. The first-order chi connectivity index (χ1) is 11.3. The maximum atomic E-state index is 12.2. The van der Waals surface area contributed by atoms with Crippen LogP contribution in [0.4, 0.5) is 4.79 Å². The first-order valence-corrected chi connectivity index (χ1v) is 9.08. The lowest BCUT2D eigenvalue weighted by molar-refractivity contribution is 0.0402. The normalized spacial score (nSPS) is 24.4. The zero-order valence-electron chi connectivity index (χ0n) is 15.3. The lowest BCUT2D eigenvalue weighted by Gasteiger charge is -2.43. The molecular weight excluding hydrogens is 300 g/mol. The summed E-state index contributed by atoms with van der Waals surface area (Å²) in [5.74, 6) is 0. The van der Waals surface area contributed by atoms with E-state index in [-0.39, 0.29) is 17.6 Å². The van der Waals surface area contributed by atoms with E-state index in [1.54, 1.807) is 0 Å². The van der Waals surface area contributed by atoms with Crippen LogP contribution in [0.2, 0.25) is 0 Å². The summed E-state index contributed by atoms with van der Waals surface area (Å²) >= 11 is 0. The molecule has 0 aromatic heterocycles. The molecule has 132 valence electrons. The molecule has 2 atom stereocenters. The van der Waals surface area contributed by atoms with E-state index < -0.39 is 5.60 Å². The monoisotopic (exact) mass is 330 g/mol. The van der Waals surface area contributed by atoms with Gasteiger partial charge in [-0.3, -0.25) is 4.90 Å². The summed E-state index contributed by atoms with van der Waals surface area (Å²) in [5.41, 5.74) is 1.12. The van der Waals surface area contributed by atoms with Crippen LogP contribution < -0.4 is 5.32 Å². The molecule has 4 nitrogen and oxygen atoms in total. The van der Waals surface area contributed by atoms with Crippen molar-refractivity contribution in [3.8, 4) is 0 Å². The summed E-state index contributed by atoms with van der Waals surface area (Å²) in [6, 6.07) is 11.2. The maximum Gasteiger partial charge on any atom is 0.407 e. The molecule has 0 radical (unpaired) electrons. The van der Waals surface area contributed by atoms with Crippen molar-refractivity contribution in [2.24, 2.45) is 5.41 Å². The molecule has 1 saturated heterocycles. The van der Waals surface area contributed by atoms with Gasteiger partial charge in [0, 0.05) is 24.5 Å². The largest absolute Gasteiger partial charge is 0.444 e. The Morgan fingerprint density at radius 1 is 1.29 bits per heavy atom. The van der Waals surface area contributed by atoms with Crippen molar-refractivity contribution in [1.82, 2.24) is 10.2 Å². The van der Waals surface area contributed by atoms with Crippen LogP contribution >= 0.6 is 0 Å². The molecule has 1 aliphatic carbocycles. The van der Waals surface area contributed by atoms with Gasteiger partial charge in [-0.05, 0) is 46.1 Å². The van der Waals surface area contributed by atoms with Gasteiger partial charge in [0.2, 0.25) is 0 Å². The maximum absolute atomic E-state index is 12.2. The molecule has 2 fully saturated rings. The van der Waals surface area contributed by atoms with Gasteiger partial charge in [0.05, 0.1) is 6.04 Å². The zero-order valence-corrected chi connectivity index (χ0v) is 15.3. The number of nitrogens with one attached hydrogen (secondary N) is 1. The van der Waals surface area contributed by atoms with Crippen molar-refractivity contribution >= 4 is 6.09 Å². The minimum absolute atomic E-state index is 0.187. The van der Waals surface area contributed by atoms with E-state index in [9.17, 15) is 4.79 Å². The number of ether oxygens (including phenoxy) is 1. The summed E-state index contributed by atoms with van der Waals surface area (Å²) in [6.45, 7) is 9.94. The topological polar surface area (TPSA) is 41.6 Å². The minimum atomic E-state index is -0.452. The van der Waals surface area contributed by atoms with Crippen LogP contribution in [0.5, 0.6) is 0 Å². The number of carbonyl (C=O) groups excluding carboxylic acids is 1. The summed E-state index contributed by atoms with van der Waals surface area (Å²) < 4.78 is 5.47. The molecule has 1 aliphatic heterocycles. The summed E-state index contributed by atoms with van der Waals surface area (Å²) in [6.07, 6.45) is 3.38. The van der Waals surface area contributed by atoms with Crippen molar-refractivity contribution < 1.29 is 9.53 Å². The van der Waals surface area contributed by atoms with Gasteiger partial charge in [-0.25, -0.2) is 4.79 Å². The van der Waals surface area contributed by atoms with E-state index in [4.69, 9.17) is 4.74 Å². The van der Waals surface area contributed by atoms with Gasteiger partial charge >= 0.3 is 6.09 Å². The van der Waals surface area contributed by atoms with E-state index >= 15 is 0 Å². The number of alkyl carbamates (subject to hydrolysis) is 1. The molecule has 1 spiro atoms. The molecule has 1 aromatic carbocycles. The number of likely N-dealkylation sites (tertiary alicyclic amines) is 1. The van der Waals surface area contributed by atoms with Crippen molar-refractivity contribution in [3.05, 3.63) is 35.9 Å². The molecule has 0 unspecified atom stereocenters. The lowest BCUT2D eigenvalue weighted by Crippen LogP contribution is -2.51. The van der Waals surface area contributed by atoms with Crippen molar-refractivity contribution in [2.45, 2.75) is 64.6 Å². The molecule has 0 bridgehead atoms. The van der Waals surface area contributed by atoms with Crippen LogP contribution in [0.25, 0.3) is 0 Å². The number of carbonyl (C=O) groups is 1. The molecule has 24 heavy (non-hydrogen) atoms. The second kappa shape index (κ2) is 6.40. The van der Waals surface area contributed by atoms with Crippen LogP contribution in [-0.2, 0) is 4.74 Å². The first kappa shape index (κ1) is 17.3. The molecule has 2 aliphatic rings. The molecule has 1 amide bonds. The molecule has 1 saturated carbocycles. The Bertz CT molecular complexity index is 575. The number of rotatable bonds is 3. The fraction of sp³-hybridized carbons (Fsp3) is 0.650. The van der Waals surface area contributed by atoms with Gasteiger partial charge in [0.15, 0.2) is 0 Å². The molecular formula is C20H30N2O2. The van der Waals surface area contributed by atoms with E-state index in [0.717, 1.165) is 13.1 Å². The van der Waals surface area contributed by atoms with Gasteiger partial charge in [0.25, 0.3) is 0 Å². The fourth-order valence-electron chi connectivity index (χ4n) is 4.03. The smallest absolute Gasteiger partial charge is 0.407 e. The summed E-state index contributed by atoms with van der Waals surface area (Å²) in [4.78, 5) is 14.7. The molecule has 1 N–H and O–H groups in total. The van der Waals surface area contributed by atoms with Crippen LogP contribution in [0.3, 0.4) is 0 Å². The number of hydrogen-bond acceptors (Lipinski definition) is 3. The van der Waals surface area contributed by atoms with E-state index in [1.165, 1.54) is 24.8 Å². The third kappa shape index (κ3) is 3.59. The Kier molecular flexibility index (Phi) is 4.60. The Hall–Kier alpha value is -1.55. The first-order valence-electron chi connectivity index (χ1n) is 9.08. The van der Waals surface area contributed by atoms with Gasteiger partial charge < -0.3 is 10.1 Å². The van der Waals surface area contributed by atoms with Crippen LogP contribution in [0.1, 0.15) is 58.6 Å². The predicted octanol–water partition coefficient (Wildman–Crippen LogP) is 4.13. The van der Waals surface area contributed by atoms with Crippen LogP contribution in [0, 0.1) is 5.41 Å². The quantitative estimate of drug-likeness (QED) is 0.906. The number of benzene rings is 1. The highest BCUT2D eigenvalue weighted by Crippen LogP contribution is 2.49. The number of amides is 1. The second-order valence-electron chi connectivity index (χ2n) is 8.43. The van der Waals surface area contributed by atoms with E-state index in [2.05, 4.69) is 47.5 Å². The predicted molar refractivity (Wildman–Crippen MR) is 95.9 cm³/mol. The highest BCUT2D eigenvalue weighted by Gasteiger charge is 2.52. The minimum Gasteiger partial charge on any atom is -0.444 e. The van der Waals surface area contributed by atoms with Crippen molar-refractivity contribution in [3.63, 3.8) is 0 Å². The molecule has 4 heteroatoms. The third-order valence-electron chi connectivity index (χ3n) is 5.54. The lowest BCUT2D eigenvalue weighted by atomic mass is 9.65. The SMILES string of the molecule is C[C@H](c1ccccc1)N1C[C@H](NC(=O)OC(C)(C)C)C2(CCC2)C1. The Morgan fingerprint density at radius 3 is 2.50 bits per heavy atom. The Morgan fingerprint density at radius 2 is 1.96 bits per heavy atom. The highest BCUT2D eigenvalue weighted by atomic mass is 16.6. The standard InChI is InChI=1S/C20H30N2O2/c1-15(16-9-6-5-7-10-16)22-13-17(20(14-22)11-8-12-20)21-18(23)24-19(2,3)4/h5-7,9-10,15,17H,8,11-14H2,1-4H3,(H,21,23)/t15-,17+/m1/s1. The number of hydrogen-bond donors (Lipinski definition) is 1. The van der Waals surface area contributed by atoms with Gasteiger partial charge in [0.1, 0.15) is 5.60 Å². The average molecular weight is 330 g/mol. The van der Waals surface area contributed by atoms with E-state index in [0.29, 0.717) is 6.04 Å². The van der Waals surface area contributed by atoms with Crippen molar-refractivity contribution in [1.29, 1.82) is 0 Å². The highest BCUT2D eigenvalue weighted by molar-refractivity contribution is 5.68. The molecule has 1 heterocycles. The molecule has 3 rings (SSSR count). The average Bonchev–Trinajstić information content (AvgIpc) is 2.85. The zero-order chi connectivity index (χ0) is 17.4.